The number of carbonyl (C=O) groups is 3. The smallest absolute Gasteiger partial charge is 0.337 e. The molecule has 0 unspecified atom stereocenters. The van der Waals surface area contributed by atoms with Crippen LogP contribution in [0.4, 0.5) is 0 Å². The third-order valence-electron chi connectivity index (χ3n) is 5.89. The van der Waals surface area contributed by atoms with Crippen LogP contribution in [0.15, 0.2) is 42.5 Å². The van der Waals surface area contributed by atoms with E-state index in [9.17, 15) is 14.4 Å². The molecule has 6 nitrogen and oxygen atoms in total. The van der Waals surface area contributed by atoms with E-state index < -0.39 is 5.97 Å². The summed E-state index contributed by atoms with van der Waals surface area (Å²) in [5.74, 6) is -0.690. The van der Waals surface area contributed by atoms with Crippen LogP contribution in [0, 0.1) is 0 Å². The maximum Gasteiger partial charge on any atom is 0.337 e. The van der Waals surface area contributed by atoms with Crippen molar-refractivity contribution in [2.45, 2.75) is 44.7 Å². The van der Waals surface area contributed by atoms with Gasteiger partial charge < -0.3 is 10.1 Å². The summed E-state index contributed by atoms with van der Waals surface area (Å²) in [7, 11) is 1.32. The van der Waals surface area contributed by atoms with Crippen molar-refractivity contribution in [2.75, 3.05) is 7.11 Å². The molecule has 0 aromatic heterocycles. The van der Waals surface area contributed by atoms with E-state index in [0.717, 1.165) is 24.0 Å². The number of fused-ring (bicyclic) bond motifs is 1. The summed E-state index contributed by atoms with van der Waals surface area (Å²) in [5.41, 5.74) is 3.17. The lowest BCUT2D eigenvalue weighted by molar-refractivity contribution is 0.0599. The van der Waals surface area contributed by atoms with E-state index in [-0.39, 0.29) is 17.9 Å². The Morgan fingerprint density at radius 2 is 1.77 bits per heavy atom. The molecule has 2 amide bonds. The van der Waals surface area contributed by atoms with Crippen molar-refractivity contribution in [3.63, 3.8) is 0 Å². The summed E-state index contributed by atoms with van der Waals surface area (Å²) in [6.07, 6.45) is 4.83. The third kappa shape index (κ3) is 4.51. The maximum absolute atomic E-state index is 13.0. The Bertz CT molecular complexity index is 1040. The van der Waals surface area contributed by atoms with Gasteiger partial charge in [-0.05, 0) is 54.3 Å². The van der Waals surface area contributed by atoms with Crippen LogP contribution >= 0.6 is 12.2 Å². The van der Waals surface area contributed by atoms with Crippen molar-refractivity contribution >= 4 is 35.0 Å². The van der Waals surface area contributed by atoms with E-state index in [0.29, 0.717) is 34.6 Å². The lowest BCUT2D eigenvalue weighted by Crippen LogP contribution is -2.40. The number of thiocarbonyl (C=S) groups is 1. The van der Waals surface area contributed by atoms with Gasteiger partial charge in [0.15, 0.2) is 0 Å². The molecule has 1 saturated carbocycles. The molecule has 31 heavy (non-hydrogen) atoms. The minimum atomic E-state index is -0.444. The fourth-order valence-electron chi connectivity index (χ4n) is 4.15. The molecule has 0 saturated heterocycles. The molecule has 2 aromatic carbocycles. The van der Waals surface area contributed by atoms with Gasteiger partial charge in [-0.15, -0.1) is 0 Å². The molecule has 7 heteroatoms. The minimum Gasteiger partial charge on any atom is -0.465 e. The molecule has 2 aromatic rings. The molecular weight excluding hydrogens is 412 g/mol. The molecule has 2 aliphatic rings. The highest BCUT2D eigenvalue weighted by Crippen LogP contribution is 2.24. The predicted octanol–water partition coefficient (Wildman–Crippen LogP) is 3.67. The number of benzene rings is 2. The maximum atomic E-state index is 13.0. The second-order valence-electron chi connectivity index (χ2n) is 7.98. The average Bonchev–Trinajstić information content (AvgIpc) is 3.29. The number of hydrogen-bond donors (Lipinski definition) is 1. The van der Waals surface area contributed by atoms with Crippen LogP contribution in [0.1, 0.15) is 67.9 Å². The molecule has 0 radical (unpaired) electrons. The van der Waals surface area contributed by atoms with Gasteiger partial charge in [0.05, 0.1) is 24.2 Å². The van der Waals surface area contributed by atoms with Crippen LogP contribution in [-0.2, 0) is 17.7 Å². The number of nitrogens with zero attached hydrogens (tertiary/aromatic N) is 1. The Kier molecular flexibility index (Phi) is 6.13. The van der Waals surface area contributed by atoms with Gasteiger partial charge in [-0.3, -0.25) is 14.5 Å². The molecule has 1 N–H and O–H groups in total. The zero-order chi connectivity index (χ0) is 22.0. The van der Waals surface area contributed by atoms with Crippen LogP contribution in [0.25, 0.3) is 0 Å². The highest BCUT2D eigenvalue weighted by molar-refractivity contribution is 7.80. The normalized spacial score (nSPS) is 16.2. The topological polar surface area (TPSA) is 75.7 Å². The lowest BCUT2D eigenvalue weighted by atomic mass is 9.96. The van der Waals surface area contributed by atoms with Crippen LogP contribution in [0.2, 0.25) is 0 Å². The Hall–Kier alpha value is -3.06. The summed E-state index contributed by atoms with van der Waals surface area (Å²) in [6, 6.07) is 12.5. The van der Waals surface area contributed by atoms with Gasteiger partial charge >= 0.3 is 5.97 Å². The quantitative estimate of drug-likeness (QED) is 0.572. The summed E-state index contributed by atoms with van der Waals surface area (Å²) >= 11 is 5.49. The first kappa shape index (κ1) is 21.2. The van der Waals surface area contributed by atoms with E-state index >= 15 is 0 Å². The molecular formula is C24H24N2O4S. The SMILES string of the molecule is COC(=O)c1ccc2c(c1)CC(=S)N(Cc1ccc(C(=O)NC3CCCC3)cc1)C2=O. The zero-order valence-corrected chi connectivity index (χ0v) is 18.2. The summed E-state index contributed by atoms with van der Waals surface area (Å²) < 4.78 is 4.75. The molecule has 160 valence electrons. The summed E-state index contributed by atoms with van der Waals surface area (Å²) in [4.78, 5) is 39.3. The van der Waals surface area contributed by atoms with Crippen LogP contribution in [0.3, 0.4) is 0 Å². The predicted molar refractivity (Wildman–Crippen MR) is 120 cm³/mol. The Morgan fingerprint density at radius 3 is 2.45 bits per heavy atom. The number of esters is 1. The number of ether oxygens (including phenoxy) is 1. The first-order chi connectivity index (χ1) is 15.0. The van der Waals surface area contributed by atoms with E-state index in [2.05, 4.69) is 5.32 Å². The van der Waals surface area contributed by atoms with Gasteiger partial charge in [-0.25, -0.2) is 4.79 Å². The number of carbonyl (C=O) groups excluding carboxylic acids is 3. The van der Waals surface area contributed by atoms with Crippen LogP contribution in [0.5, 0.6) is 0 Å². The zero-order valence-electron chi connectivity index (χ0n) is 17.3. The van der Waals surface area contributed by atoms with E-state index in [1.807, 2.05) is 12.1 Å². The second-order valence-corrected chi connectivity index (χ2v) is 8.45. The minimum absolute atomic E-state index is 0.0571. The molecule has 0 atom stereocenters. The Balaban J connectivity index is 1.45. The number of hydrogen-bond acceptors (Lipinski definition) is 5. The number of rotatable bonds is 5. The van der Waals surface area contributed by atoms with Crippen molar-refractivity contribution < 1.29 is 19.1 Å². The molecule has 1 aliphatic carbocycles. The largest absolute Gasteiger partial charge is 0.465 e. The van der Waals surface area contributed by atoms with Crippen LogP contribution < -0.4 is 5.32 Å². The van der Waals surface area contributed by atoms with Crippen molar-refractivity contribution in [3.8, 4) is 0 Å². The van der Waals surface area contributed by atoms with Crippen molar-refractivity contribution in [2.24, 2.45) is 0 Å². The lowest BCUT2D eigenvalue weighted by Gasteiger charge is -2.29. The fraction of sp³-hybridized carbons (Fsp3) is 0.333. The number of nitrogens with one attached hydrogen (secondary N) is 1. The standard InChI is InChI=1S/C24H24N2O4S/c1-30-24(29)17-10-11-20-18(12-17)13-21(31)26(23(20)28)14-15-6-8-16(9-7-15)22(27)25-19-4-2-3-5-19/h6-12,19H,2-5,13-14H2,1H3,(H,25,27). The van der Waals surface area contributed by atoms with Gasteiger partial charge in [0, 0.05) is 23.6 Å². The summed E-state index contributed by atoms with van der Waals surface area (Å²) in [5, 5.41) is 3.08. The van der Waals surface area contributed by atoms with Crippen molar-refractivity contribution in [1.29, 1.82) is 0 Å². The second kappa shape index (κ2) is 8.98. The van der Waals surface area contributed by atoms with Gasteiger partial charge in [0.2, 0.25) is 0 Å². The number of methoxy groups -OCH3 is 1. The number of amides is 2. The van der Waals surface area contributed by atoms with E-state index in [1.54, 1.807) is 35.2 Å². The molecule has 1 heterocycles. The average molecular weight is 437 g/mol. The highest BCUT2D eigenvalue weighted by Gasteiger charge is 2.29. The molecule has 0 bridgehead atoms. The van der Waals surface area contributed by atoms with Gasteiger partial charge in [0.1, 0.15) is 0 Å². The van der Waals surface area contributed by atoms with Gasteiger partial charge in [-0.2, -0.15) is 0 Å². The van der Waals surface area contributed by atoms with Crippen molar-refractivity contribution in [3.05, 3.63) is 70.3 Å². The molecule has 4 rings (SSSR count). The van der Waals surface area contributed by atoms with Crippen LogP contribution in [-0.4, -0.2) is 40.8 Å². The molecule has 1 fully saturated rings. The van der Waals surface area contributed by atoms with Gasteiger partial charge in [-0.1, -0.05) is 37.2 Å². The fourth-order valence-corrected chi connectivity index (χ4v) is 4.46. The van der Waals surface area contributed by atoms with Gasteiger partial charge in [0.25, 0.3) is 11.8 Å². The first-order valence-corrected chi connectivity index (χ1v) is 10.8. The summed E-state index contributed by atoms with van der Waals surface area (Å²) in [6.45, 7) is 0.334. The van der Waals surface area contributed by atoms with E-state index in [1.165, 1.54) is 20.0 Å². The first-order valence-electron chi connectivity index (χ1n) is 10.4. The monoisotopic (exact) mass is 436 g/mol. The molecule has 1 aliphatic heterocycles. The van der Waals surface area contributed by atoms with Crippen molar-refractivity contribution in [1.82, 2.24) is 10.2 Å². The Morgan fingerprint density at radius 1 is 1.10 bits per heavy atom. The molecule has 0 spiro atoms. The Labute approximate surface area is 186 Å². The highest BCUT2D eigenvalue weighted by atomic mass is 32.1. The third-order valence-corrected chi connectivity index (χ3v) is 6.26. The van der Waals surface area contributed by atoms with E-state index in [4.69, 9.17) is 17.0 Å².